The van der Waals surface area contributed by atoms with E-state index in [-0.39, 0.29) is 12.6 Å². The zero-order valence-corrected chi connectivity index (χ0v) is 11.8. The van der Waals surface area contributed by atoms with E-state index in [1.54, 1.807) is 30.2 Å². The number of nitrogens with one attached hydrogen (secondary N) is 1. The Kier molecular flexibility index (Phi) is 5.56. The van der Waals surface area contributed by atoms with E-state index in [9.17, 15) is 0 Å². The smallest absolute Gasteiger partial charge is 0.257 e. The van der Waals surface area contributed by atoms with Crippen LogP contribution in [0.1, 0.15) is 6.42 Å². The maximum Gasteiger partial charge on any atom is 0.257 e. The number of rotatable bonds is 8. The van der Waals surface area contributed by atoms with Crippen molar-refractivity contribution in [3.05, 3.63) is 18.5 Å². The van der Waals surface area contributed by atoms with Crippen LogP contribution in [-0.2, 0) is 0 Å². The summed E-state index contributed by atoms with van der Waals surface area (Å²) in [4.78, 5) is 12.3. The van der Waals surface area contributed by atoms with Crippen molar-refractivity contribution in [1.29, 1.82) is 0 Å². The maximum atomic E-state index is 8.67. The zero-order chi connectivity index (χ0) is 14.2. The molecule has 2 aromatic rings. The Labute approximate surface area is 120 Å². The number of nitrogen functional groups attached to an aromatic ring is 1. The van der Waals surface area contributed by atoms with E-state index in [4.69, 9.17) is 10.8 Å². The lowest BCUT2D eigenvalue weighted by atomic mass is 10.5. The van der Waals surface area contributed by atoms with Gasteiger partial charge in [-0.1, -0.05) is 0 Å². The molecule has 0 aliphatic heterocycles. The van der Waals surface area contributed by atoms with Crippen LogP contribution in [0.4, 0.5) is 11.9 Å². The second-order valence-corrected chi connectivity index (χ2v) is 5.11. The summed E-state index contributed by atoms with van der Waals surface area (Å²) in [6.07, 6.45) is 4.20. The van der Waals surface area contributed by atoms with Crippen LogP contribution in [0.2, 0.25) is 0 Å². The van der Waals surface area contributed by atoms with E-state index in [1.807, 2.05) is 0 Å². The van der Waals surface area contributed by atoms with Crippen molar-refractivity contribution in [2.24, 2.45) is 0 Å². The molecule has 0 bridgehead atoms. The summed E-state index contributed by atoms with van der Waals surface area (Å²) < 4.78 is 1.53. The van der Waals surface area contributed by atoms with Crippen molar-refractivity contribution in [1.82, 2.24) is 24.7 Å². The summed E-state index contributed by atoms with van der Waals surface area (Å²) in [6, 6.07) is 1.78. The fourth-order valence-corrected chi connectivity index (χ4v) is 2.24. The second kappa shape index (κ2) is 7.65. The molecule has 8 nitrogen and oxygen atoms in total. The number of nitrogens with zero attached hydrogens (tertiary/aromatic N) is 5. The molecule has 2 heterocycles. The molecule has 0 spiro atoms. The molecule has 0 amide bonds. The fourth-order valence-electron chi connectivity index (χ4n) is 1.45. The highest BCUT2D eigenvalue weighted by Crippen LogP contribution is 2.07. The lowest BCUT2D eigenvalue weighted by Crippen LogP contribution is -2.13. The zero-order valence-electron chi connectivity index (χ0n) is 10.9. The second-order valence-electron chi connectivity index (χ2n) is 3.88. The quantitative estimate of drug-likeness (QED) is 0.590. The van der Waals surface area contributed by atoms with Gasteiger partial charge in [-0.25, -0.2) is 4.68 Å². The monoisotopic (exact) mass is 295 g/mol. The molecule has 20 heavy (non-hydrogen) atoms. The Morgan fingerprint density at radius 3 is 2.95 bits per heavy atom. The fraction of sp³-hybridized carbons (Fsp3) is 0.455. The molecular formula is C11H17N7OS. The van der Waals surface area contributed by atoms with Crippen molar-refractivity contribution < 1.29 is 5.11 Å². The number of aromatic nitrogens is 5. The summed E-state index contributed by atoms with van der Waals surface area (Å²) in [5, 5.41) is 15.8. The third-order valence-electron chi connectivity index (χ3n) is 2.33. The Morgan fingerprint density at radius 1 is 1.30 bits per heavy atom. The number of nitrogens with two attached hydrogens (primary N) is 1. The normalized spacial score (nSPS) is 10.7. The van der Waals surface area contributed by atoms with Crippen LogP contribution in [0.3, 0.4) is 0 Å². The first-order chi connectivity index (χ1) is 9.79. The third kappa shape index (κ3) is 4.35. The third-order valence-corrected chi connectivity index (χ3v) is 3.40. The van der Waals surface area contributed by atoms with Gasteiger partial charge in [-0.15, -0.1) is 0 Å². The number of aliphatic hydroxyl groups is 1. The van der Waals surface area contributed by atoms with Crippen LogP contribution in [0, 0.1) is 0 Å². The molecule has 108 valence electrons. The van der Waals surface area contributed by atoms with Gasteiger partial charge in [-0.2, -0.15) is 31.8 Å². The van der Waals surface area contributed by atoms with Gasteiger partial charge in [0.1, 0.15) is 0 Å². The summed E-state index contributed by atoms with van der Waals surface area (Å²) in [5.41, 5.74) is 5.66. The molecule has 4 N–H and O–H groups in total. The number of hydrogen-bond donors (Lipinski definition) is 3. The molecule has 0 radical (unpaired) electrons. The summed E-state index contributed by atoms with van der Waals surface area (Å²) in [6.45, 7) is 0.954. The molecule has 0 atom stereocenters. The highest BCUT2D eigenvalue weighted by Gasteiger charge is 2.05. The SMILES string of the molecule is Nc1nc(NCCSCCCO)nc(-n2cccn2)n1. The van der Waals surface area contributed by atoms with E-state index >= 15 is 0 Å². The van der Waals surface area contributed by atoms with Gasteiger partial charge in [0.25, 0.3) is 5.95 Å². The molecule has 0 aromatic carbocycles. The molecule has 0 saturated heterocycles. The van der Waals surface area contributed by atoms with Gasteiger partial charge in [0, 0.05) is 31.3 Å². The van der Waals surface area contributed by atoms with Crippen molar-refractivity contribution in [3.63, 3.8) is 0 Å². The standard InChI is InChI=1S/C11H17N7OS/c12-9-15-10(13-4-8-20-7-2-6-19)17-11(16-9)18-5-1-3-14-18/h1,3,5,19H,2,4,6-8H2,(H3,12,13,15,16,17). The van der Waals surface area contributed by atoms with Crippen LogP contribution in [-0.4, -0.2) is 54.5 Å². The molecule has 9 heteroatoms. The van der Waals surface area contributed by atoms with Gasteiger partial charge in [0.15, 0.2) is 0 Å². The average Bonchev–Trinajstić information content (AvgIpc) is 2.96. The number of hydrogen-bond acceptors (Lipinski definition) is 8. The minimum absolute atomic E-state index is 0.154. The van der Waals surface area contributed by atoms with Crippen LogP contribution < -0.4 is 11.1 Å². The molecule has 0 aliphatic carbocycles. The van der Waals surface area contributed by atoms with E-state index in [1.165, 1.54) is 4.68 Å². The van der Waals surface area contributed by atoms with Crippen molar-refractivity contribution in [2.75, 3.05) is 35.7 Å². The van der Waals surface area contributed by atoms with Gasteiger partial charge in [0.2, 0.25) is 11.9 Å². The van der Waals surface area contributed by atoms with Crippen LogP contribution in [0.15, 0.2) is 18.5 Å². The molecule has 0 unspecified atom stereocenters. The predicted molar refractivity (Wildman–Crippen MR) is 78.9 cm³/mol. The van der Waals surface area contributed by atoms with E-state index < -0.39 is 0 Å². The minimum Gasteiger partial charge on any atom is -0.396 e. The van der Waals surface area contributed by atoms with Crippen LogP contribution in [0.25, 0.3) is 5.95 Å². The van der Waals surface area contributed by atoms with Crippen molar-refractivity contribution in [2.45, 2.75) is 6.42 Å². The van der Waals surface area contributed by atoms with Gasteiger partial charge < -0.3 is 16.2 Å². The molecule has 2 rings (SSSR count). The Bertz CT molecular complexity index is 519. The van der Waals surface area contributed by atoms with Gasteiger partial charge in [0.05, 0.1) is 0 Å². The van der Waals surface area contributed by atoms with Gasteiger partial charge >= 0.3 is 0 Å². The van der Waals surface area contributed by atoms with E-state index in [0.29, 0.717) is 11.9 Å². The first-order valence-corrected chi connectivity index (χ1v) is 7.39. The lowest BCUT2D eigenvalue weighted by Gasteiger charge is -2.07. The Hall–Kier alpha value is -1.87. The highest BCUT2D eigenvalue weighted by molar-refractivity contribution is 7.99. The topological polar surface area (TPSA) is 115 Å². The van der Waals surface area contributed by atoms with E-state index in [2.05, 4.69) is 25.4 Å². The van der Waals surface area contributed by atoms with Crippen molar-refractivity contribution in [3.8, 4) is 5.95 Å². The molecule has 0 fully saturated rings. The van der Waals surface area contributed by atoms with Gasteiger partial charge in [-0.05, 0) is 18.2 Å². The highest BCUT2D eigenvalue weighted by atomic mass is 32.2. The summed E-state index contributed by atoms with van der Waals surface area (Å²) in [5.74, 6) is 2.82. The summed E-state index contributed by atoms with van der Waals surface area (Å²) >= 11 is 1.76. The Balaban J connectivity index is 1.88. The minimum atomic E-state index is 0.154. The van der Waals surface area contributed by atoms with Gasteiger partial charge in [-0.3, -0.25) is 0 Å². The average molecular weight is 295 g/mol. The number of aliphatic hydroxyl groups excluding tert-OH is 1. The molecular weight excluding hydrogens is 278 g/mol. The van der Waals surface area contributed by atoms with Crippen LogP contribution in [0.5, 0.6) is 0 Å². The number of thioether (sulfide) groups is 1. The first kappa shape index (κ1) is 14.5. The largest absolute Gasteiger partial charge is 0.396 e. The predicted octanol–water partition coefficient (Wildman–Crippen LogP) is 0.167. The molecule has 0 aliphatic rings. The number of anilines is 2. The first-order valence-electron chi connectivity index (χ1n) is 6.23. The van der Waals surface area contributed by atoms with Crippen molar-refractivity contribution >= 4 is 23.7 Å². The summed E-state index contributed by atoms with van der Waals surface area (Å²) in [7, 11) is 0. The Morgan fingerprint density at radius 2 is 2.20 bits per heavy atom. The maximum absolute atomic E-state index is 8.67. The lowest BCUT2D eigenvalue weighted by molar-refractivity contribution is 0.296. The van der Waals surface area contributed by atoms with E-state index in [0.717, 1.165) is 24.5 Å². The van der Waals surface area contributed by atoms with Crippen LogP contribution >= 0.6 is 11.8 Å². The molecule has 2 aromatic heterocycles. The molecule has 0 saturated carbocycles.